The van der Waals surface area contributed by atoms with Crippen molar-refractivity contribution in [3.63, 3.8) is 0 Å². The molecule has 1 aromatic heterocycles. The van der Waals surface area contributed by atoms with Crippen molar-refractivity contribution in [2.24, 2.45) is 0 Å². The van der Waals surface area contributed by atoms with E-state index in [-0.39, 0.29) is 11.1 Å². The number of hydrogen-bond acceptors (Lipinski definition) is 8. The van der Waals surface area contributed by atoms with Crippen molar-refractivity contribution in [2.75, 3.05) is 71.4 Å². The van der Waals surface area contributed by atoms with Crippen LogP contribution in [0.1, 0.15) is 4.88 Å². The van der Waals surface area contributed by atoms with Crippen molar-refractivity contribution in [2.45, 2.75) is 0 Å². The highest BCUT2D eigenvalue weighted by Crippen LogP contribution is 2.41. The molecule has 4 heterocycles. The number of allylic oxidation sites excluding steroid dienone is 3. The lowest BCUT2D eigenvalue weighted by molar-refractivity contribution is -0.535. The minimum absolute atomic E-state index is 0.0323. The zero-order valence-electron chi connectivity index (χ0n) is 18.3. The molecule has 1 aromatic rings. The minimum Gasteiger partial charge on any atom is -0.871 e. The maximum absolute atomic E-state index is 13.2. The van der Waals surface area contributed by atoms with Crippen LogP contribution in [0.25, 0.3) is 5.57 Å². The smallest absolute Gasteiger partial charge is 0.239 e. The SMILES string of the molecule is CN1CCN(c2ccc(C3=C([O-])/C(=C4/C=CC(=[N+]5CCN(C)CC5)S4)C(=O)C3=O)s2)CC1. The molecule has 4 aliphatic rings. The Morgan fingerprint density at radius 2 is 1.53 bits per heavy atom. The molecule has 0 unspecified atom stereocenters. The fourth-order valence-electron chi connectivity index (χ4n) is 4.32. The summed E-state index contributed by atoms with van der Waals surface area (Å²) in [4.78, 5) is 33.6. The lowest BCUT2D eigenvalue weighted by Gasteiger charge is -2.32. The van der Waals surface area contributed by atoms with E-state index in [0.29, 0.717) is 9.78 Å². The highest BCUT2D eigenvalue weighted by Gasteiger charge is 2.37. The number of piperazine rings is 2. The molecule has 7 nitrogen and oxygen atoms in total. The Morgan fingerprint density at radius 3 is 2.25 bits per heavy atom. The summed E-state index contributed by atoms with van der Waals surface area (Å²) in [6.45, 7) is 7.56. The fraction of sp³-hybridized carbons (Fsp3) is 0.435. The molecule has 5 rings (SSSR count). The molecule has 9 heteroatoms. The van der Waals surface area contributed by atoms with Crippen LogP contribution >= 0.6 is 23.1 Å². The molecule has 0 N–H and O–H groups in total. The second kappa shape index (κ2) is 8.62. The zero-order chi connectivity index (χ0) is 22.4. The summed E-state index contributed by atoms with van der Waals surface area (Å²) in [5.74, 6) is -1.78. The Morgan fingerprint density at radius 1 is 0.875 bits per heavy atom. The molecule has 0 spiro atoms. The Balaban J connectivity index is 1.42. The molecule has 1 aliphatic carbocycles. The van der Waals surface area contributed by atoms with Gasteiger partial charge in [-0.05, 0) is 44.1 Å². The predicted octanol–water partition coefficient (Wildman–Crippen LogP) is 0.637. The van der Waals surface area contributed by atoms with Gasteiger partial charge in [0.15, 0.2) is 13.1 Å². The molecule has 3 aliphatic heterocycles. The van der Waals surface area contributed by atoms with E-state index in [9.17, 15) is 14.7 Å². The molecule has 2 fully saturated rings. The molecule has 0 radical (unpaired) electrons. The number of carbonyl (C=O) groups excluding carboxylic acids is 2. The van der Waals surface area contributed by atoms with Gasteiger partial charge in [-0.2, -0.15) is 0 Å². The third kappa shape index (κ3) is 3.87. The van der Waals surface area contributed by atoms with E-state index in [1.807, 2.05) is 24.3 Å². The molecular formula is C23H26N4O3S2. The predicted molar refractivity (Wildman–Crippen MR) is 127 cm³/mol. The third-order valence-corrected chi connectivity index (χ3v) is 8.75. The van der Waals surface area contributed by atoms with Crippen molar-refractivity contribution in [1.82, 2.24) is 9.80 Å². The summed E-state index contributed by atoms with van der Waals surface area (Å²) in [6.07, 6.45) is 3.77. The summed E-state index contributed by atoms with van der Waals surface area (Å²) >= 11 is 2.85. The molecular weight excluding hydrogens is 444 g/mol. The molecule has 0 atom stereocenters. The van der Waals surface area contributed by atoms with Gasteiger partial charge in [0.05, 0.1) is 18.1 Å². The number of Topliss-reactive ketones (excluding diaryl/α,β-unsaturated/α-hetero) is 2. The summed E-state index contributed by atoms with van der Waals surface area (Å²) in [7, 11) is 4.21. The van der Waals surface area contributed by atoms with Gasteiger partial charge in [0, 0.05) is 53.2 Å². The van der Waals surface area contributed by atoms with Gasteiger partial charge in [0.2, 0.25) is 16.6 Å². The van der Waals surface area contributed by atoms with Crippen LogP contribution in [0, 0.1) is 0 Å². The van der Waals surface area contributed by atoms with Crippen LogP contribution in [0.5, 0.6) is 0 Å². The van der Waals surface area contributed by atoms with Crippen LogP contribution in [0.4, 0.5) is 5.00 Å². The van der Waals surface area contributed by atoms with Gasteiger partial charge in [-0.1, -0.05) is 5.76 Å². The highest BCUT2D eigenvalue weighted by atomic mass is 32.2. The highest BCUT2D eigenvalue weighted by molar-refractivity contribution is 8.18. The van der Waals surface area contributed by atoms with Crippen LogP contribution in [-0.4, -0.2) is 97.4 Å². The van der Waals surface area contributed by atoms with E-state index in [4.69, 9.17) is 0 Å². The molecule has 32 heavy (non-hydrogen) atoms. The van der Waals surface area contributed by atoms with Crippen molar-refractivity contribution >= 4 is 50.3 Å². The number of thioether (sulfide) groups is 1. The minimum atomic E-state index is -0.675. The zero-order valence-corrected chi connectivity index (χ0v) is 19.9. The fourth-order valence-corrected chi connectivity index (χ4v) is 6.52. The molecule has 0 aromatic carbocycles. The van der Waals surface area contributed by atoms with Gasteiger partial charge < -0.3 is 14.9 Å². The molecule has 168 valence electrons. The van der Waals surface area contributed by atoms with Crippen LogP contribution in [0.2, 0.25) is 0 Å². The van der Waals surface area contributed by atoms with Crippen molar-refractivity contribution in [3.8, 4) is 0 Å². The Bertz CT molecular complexity index is 1100. The lowest BCUT2D eigenvalue weighted by atomic mass is 10.1. The Labute approximate surface area is 196 Å². The normalized spacial score (nSPS) is 25.8. The Hall–Kier alpha value is -2.20. The number of nitrogens with zero attached hydrogens (tertiary/aromatic N) is 4. The van der Waals surface area contributed by atoms with E-state index < -0.39 is 17.3 Å². The van der Waals surface area contributed by atoms with Gasteiger partial charge in [0.25, 0.3) is 0 Å². The Kier molecular flexibility index (Phi) is 5.83. The number of anilines is 1. The van der Waals surface area contributed by atoms with Crippen LogP contribution in [0.3, 0.4) is 0 Å². The average Bonchev–Trinajstić information content (AvgIpc) is 3.49. The van der Waals surface area contributed by atoms with E-state index in [0.717, 1.165) is 62.4 Å². The molecule has 2 saturated heterocycles. The number of rotatable bonds is 2. The summed E-state index contributed by atoms with van der Waals surface area (Å²) in [6, 6.07) is 3.77. The topological polar surface area (TPSA) is 69.9 Å². The van der Waals surface area contributed by atoms with Crippen molar-refractivity contribution in [1.29, 1.82) is 0 Å². The second-order valence-corrected chi connectivity index (χ2v) is 10.7. The maximum Gasteiger partial charge on any atom is 0.239 e. The summed E-state index contributed by atoms with van der Waals surface area (Å²) in [5.41, 5.74) is 0.0647. The van der Waals surface area contributed by atoms with E-state index in [1.165, 1.54) is 23.1 Å². The number of hydrogen-bond donors (Lipinski definition) is 0. The van der Waals surface area contributed by atoms with Crippen molar-refractivity contribution < 1.29 is 19.3 Å². The molecule has 0 saturated carbocycles. The monoisotopic (exact) mass is 470 g/mol. The lowest BCUT2D eigenvalue weighted by Crippen LogP contribution is -2.44. The molecule has 0 amide bonds. The number of carbonyl (C=O) groups is 2. The van der Waals surface area contributed by atoms with E-state index in [2.05, 4.69) is 33.4 Å². The number of likely N-dealkylation sites (N-methyl/N-ethyl adjacent to an activating group) is 2. The summed E-state index contributed by atoms with van der Waals surface area (Å²) < 4.78 is 2.27. The molecule has 0 bridgehead atoms. The first-order chi connectivity index (χ1) is 15.4. The number of ketones is 2. The standard InChI is InChI=1S/C23H26N4O3S2/c1-24-7-11-26(12-8-24)17-5-3-15(31-17)19-21(28)20(23(30)22(19)29)16-4-6-18(32-16)27-13-9-25(2)10-14-27/h3-6H,7-14H2,1-2H3. The average molecular weight is 471 g/mol. The first-order valence-corrected chi connectivity index (χ1v) is 12.5. The van der Waals surface area contributed by atoms with Gasteiger partial charge in [-0.25, -0.2) is 4.58 Å². The largest absolute Gasteiger partial charge is 0.871 e. The van der Waals surface area contributed by atoms with Gasteiger partial charge in [0.1, 0.15) is 0 Å². The number of thiophene rings is 1. The van der Waals surface area contributed by atoms with Crippen molar-refractivity contribution in [3.05, 3.63) is 45.4 Å². The second-order valence-electron chi connectivity index (χ2n) is 8.59. The van der Waals surface area contributed by atoms with Crippen LogP contribution < -0.4 is 10.0 Å². The van der Waals surface area contributed by atoms with Gasteiger partial charge in [-0.3, -0.25) is 14.5 Å². The van der Waals surface area contributed by atoms with Crippen LogP contribution in [0.15, 0.2) is 40.5 Å². The first-order valence-electron chi connectivity index (χ1n) is 10.9. The maximum atomic E-state index is 13.2. The third-order valence-electron chi connectivity index (χ3n) is 6.42. The van der Waals surface area contributed by atoms with E-state index in [1.54, 1.807) is 0 Å². The van der Waals surface area contributed by atoms with E-state index >= 15 is 0 Å². The quantitative estimate of drug-likeness (QED) is 0.357. The first kappa shape index (κ1) is 21.6. The van der Waals surface area contributed by atoms with Crippen LogP contribution in [-0.2, 0) is 9.59 Å². The summed E-state index contributed by atoms with van der Waals surface area (Å²) in [5, 5.41) is 15.3. The van der Waals surface area contributed by atoms with Gasteiger partial charge in [-0.15, -0.1) is 11.3 Å². The van der Waals surface area contributed by atoms with Gasteiger partial charge >= 0.3 is 0 Å².